The van der Waals surface area contributed by atoms with Crippen molar-refractivity contribution >= 4 is 16.7 Å². The SMILES string of the molecule is COc1ccc([C@@H](NC(=O)c2nn(C)c(=O)c3ccccc23)c2nccn2C)cc1. The fourth-order valence-electron chi connectivity index (χ4n) is 3.42. The first-order valence-corrected chi connectivity index (χ1v) is 9.37. The number of amides is 1. The number of hydrogen-bond donors (Lipinski definition) is 1. The Morgan fingerprint density at radius 2 is 1.77 bits per heavy atom. The lowest BCUT2D eigenvalue weighted by Gasteiger charge is -2.20. The Kier molecular flexibility index (Phi) is 5.05. The Bertz CT molecular complexity index is 1270. The number of nitrogens with zero attached hydrogens (tertiary/aromatic N) is 4. The van der Waals surface area contributed by atoms with Gasteiger partial charge in [0.15, 0.2) is 5.69 Å². The van der Waals surface area contributed by atoms with Crippen LogP contribution < -0.4 is 15.6 Å². The standard InChI is InChI=1S/C22H21N5O3/c1-26-13-12-23-20(26)18(14-8-10-15(30-3)11-9-14)24-21(28)19-16-6-4-5-7-17(16)22(29)27(2)25-19/h4-13,18H,1-3H3,(H,24,28)/t18-/m1/s1. The van der Waals surface area contributed by atoms with Crippen molar-refractivity contribution in [2.75, 3.05) is 7.11 Å². The predicted molar refractivity (Wildman–Crippen MR) is 112 cm³/mol. The first kappa shape index (κ1) is 19.4. The molecule has 0 aliphatic heterocycles. The molecule has 0 spiro atoms. The van der Waals surface area contributed by atoms with Gasteiger partial charge in [-0.05, 0) is 23.8 Å². The van der Waals surface area contributed by atoms with Gasteiger partial charge < -0.3 is 14.6 Å². The molecule has 0 unspecified atom stereocenters. The molecule has 0 aliphatic rings. The summed E-state index contributed by atoms with van der Waals surface area (Å²) < 4.78 is 8.27. The molecule has 2 aromatic carbocycles. The molecule has 0 aliphatic carbocycles. The second-order valence-electron chi connectivity index (χ2n) is 6.90. The maximum atomic E-state index is 13.3. The van der Waals surface area contributed by atoms with Gasteiger partial charge in [0.25, 0.3) is 11.5 Å². The Hall–Kier alpha value is -3.94. The van der Waals surface area contributed by atoms with Crippen molar-refractivity contribution in [2.24, 2.45) is 14.1 Å². The highest BCUT2D eigenvalue weighted by Gasteiger charge is 2.24. The van der Waals surface area contributed by atoms with Gasteiger partial charge in [0.2, 0.25) is 0 Å². The summed E-state index contributed by atoms with van der Waals surface area (Å²) in [7, 11) is 5.00. The van der Waals surface area contributed by atoms with Gasteiger partial charge in [0.1, 0.15) is 17.6 Å². The van der Waals surface area contributed by atoms with E-state index in [0.717, 1.165) is 11.3 Å². The van der Waals surface area contributed by atoms with Crippen molar-refractivity contribution in [3.05, 3.63) is 88.4 Å². The molecular weight excluding hydrogens is 382 g/mol. The largest absolute Gasteiger partial charge is 0.497 e. The maximum absolute atomic E-state index is 13.3. The maximum Gasteiger partial charge on any atom is 0.274 e. The van der Waals surface area contributed by atoms with Crippen molar-refractivity contribution in [1.29, 1.82) is 0 Å². The van der Waals surface area contributed by atoms with Crippen molar-refractivity contribution < 1.29 is 9.53 Å². The first-order chi connectivity index (χ1) is 14.5. The van der Waals surface area contributed by atoms with E-state index in [4.69, 9.17) is 4.74 Å². The van der Waals surface area contributed by atoms with Crippen LogP contribution in [-0.4, -0.2) is 32.3 Å². The number of rotatable bonds is 5. The zero-order chi connectivity index (χ0) is 21.3. The van der Waals surface area contributed by atoms with Gasteiger partial charge in [-0.3, -0.25) is 9.59 Å². The van der Waals surface area contributed by atoms with Gasteiger partial charge in [-0.2, -0.15) is 5.10 Å². The van der Waals surface area contributed by atoms with E-state index >= 15 is 0 Å². The number of carbonyl (C=O) groups is 1. The summed E-state index contributed by atoms with van der Waals surface area (Å²) in [6.07, 6.45) is 3.50. The van der Waals surface area contributed by atoms with E-state index in [1.165, 1.54) is 11.7 Å². The molecule has 1 amide bonds. The Morgan fingerprint density at radius 1 is 1.07 bits per heavy atom. The lowest BCUT2D eigenvalue weighted by Crippen LogP contribution is -2.33. The summed E-state index contributed by atoms with van der Waals surface area (Å²) in [6, 6.07) is 13.9. The molecule has 4 aromatic rings. The second-order valence-corrected chi connectivity index (χ2v) is 6.90. The summed E-state index contributed by atoms with van der Waals surface area (Å²) in [6.45, 7) is 0. The predicted octanol–water partition coefficient (Wildman–Crippen LogP) is 2.19. The number of benzene rings is 2. The fraction of sp³-hybridized carbons (Fsp3) is 0.182. The van der Waals surface area contributed by atoms with Crippen LogP contribution in [0.15, 0.2) is 65.7 Å². The monoisotopic (exact) mass is 403 g/mol. The van der Waals surface area contributed by atoms with Crippen molar-refractivity contribution in [3.63, 3.8) is 0 Å². The van der Waals surface area contributed by atoms with Gasteiger partial charge in [0.05, 0.1) is 12.5 Å². The van der Waals surface area contributed by atoms with Crippen LogP contribution in [0, 0.1) is 0 Å². The second kappa shape index (κ2) is 7.82. The molecule has 0 radical (unpaired) electrons. The first-order valence-electron chi connectivity index (χ1n) is 9.37. The zero-order valence-corrected chi connectivity index (χ0v) is 16.9. The molecule has 2 heterocycles. The molecule has 4 rings (SSSR count). The molecule has 8 nitrogen and oxygen atoms in total. The van der Waals surface area contributed by atoms with E-state index in [-0.39, 0.29) is 11.3 Å². The summed E-state index contributed by atoms with van der Waals surface area (Å²) >= 11 is 0. The third-order valence-electron chi connectivity index (χ3n) is 5.01. The number of fused-ring (bicyclic) bond motifs is 1. The van der Waals surface area contributed by atoms with E-state index in [2.05, 4.69) is 15.4 Å². The van der Waals surface area contributed by atoms with E-state index in [9.17, 15) is 9.59 Å². The lowest BCUT2D eigenvalue weighted by atomic mass is 10.0. The quantitative estimate of drug-likeness (QED) is 0.552. The van der Waals surface area contributed by atoms with Crippen molar-refractivity contribution in [2.45, 2.75) is 6.04 Å². The normalized spacial score (nSPS) is 12.0. The van der Waals surface area contributed by atoms with E-state index in [1.807, 2.05) is 42.1 Å². The van der Waals surface area contributed by atoms with Crippen LogP contribution in [0.25, 0.3) is 10.8 Å². The molecule has 0 saturated heterocycles. The number of carbonyl (C=O) groups excluding carboxylic acids is 1. The lowest BCUT2D eigenvalue weighted by molar-refractivity contribution is 0.0936. The van der Waals surface area contributed by atoms with Crippen molar-refractivity contribution in [3.8, 4) is 5.75 Å². The summed E-state index contributed by atoms with van der Waals surface area (Å²) in [4.78, 5) is 30.1. The number of aromatic nitrogens is 4. The van der Waals surface area contributed by atoms with Crippen LogP contribution in [0.1, 0.15) is 27.9 Å². The molecule has 2 aromatic heterocycles. The van der Waals surface area contributed by atoms with Gasteiger partial charge in [0, 0.05) is 31.9 Å². The summed E-state index contributed by atoms with van der Waals surface area (Å²) in [5.41, 5.74) is 0.769. The molecule has 0 fully saturated rings. The average Bonchev–Trinajstić information content (AvgIpc) is 3.20. The third kappa shape index (κ3) is 3.43. The molecule has 1 N–H and O–H groups in total. The van der Waals surface area contributed by atoms with E-state index in [0.29, 0.717) is 16.6 Å². The Morgan fingerprint density at radius 3 is 2.40 bits per heavy atom. The summed E-state index contributed by atoms with van der Waals surface area (Å²) in [5, 5.41) is 8.20. The van der Waals surface area contributed by atoms with Crippen LogP contribution in [0.5, 0.6) is 5.75 Å². The van der Waals surface area contributed by atoms with Crippen LogP contribution in [0.3, 0.4) is 0 Å². The molecular formula is C22H21N5O3. The Balaban J connectivity index is 1.78. The van der Waals surface area contributed by atoms with Crippen LogP contribution in [0.2, 0.25) is 0 Å². The van der Waals surface area contributed by atoms with Crippen LogP contribution in [0.4, 0.5) is 0 Å². The third-order valence-corrected chi connectivity index (χ3v) is 5.01. The fourth-order valence-corrected chi connectivity index (χ4v) is 3.42. The average molecular weight is 403 g/mol. The molecule has 152 valence electrons. The number of imidazole rings is 1. The highest BCUT2D eigenvalue weighted by molar-refractivity contribution is 6.05. The molecule has 0 bridgehead atoms. The minimum absolute atomic E-state index is 0.181. The molecule has 8 heteroatoms. The number of hydrogen-bond acceptors (Lipinski definition) is 5. The highest BCUT2D eigenvalue weighted by Crippen LogP contribution is 2.24. The molecule has 1 atom stereocenters. The number of ether oxygens (including phenoxy) is 1. The summed E-state index contributed by atoms with van der Waals surface area (Å²) in [5.74, 6) is 0.989. The van der Waals surface area contributed by atoms with Crippen molar-refractivity contribution in [1.82, 2.24) is 24.6 Å². The molecule has 30 heavy (non-hydrogen) atoms. The zero-order valence-electron chi connectivity index (χ0n) is 16.9. The highest BCUT2D eigenvalue weighted by atomic mass is 16.5. The van der Waals surface area contributed by atoms with Crippen LogP contribution in [-0.2, 0) is 14.1 Å². The Labute approximate surface area is 172 Å². The van der Waals surface area contributed by atoms with Crippen LogP contribution >= 0.6 is 0 Å². The van der Waals surface area contributed by atoms with E-state index < -0.39 is 11.9 Å². The smallest absolute Gasteiger partial charge is 0.274 e. The molecule has 0 saturated carbocycles. The minimum atomic E-state index is -0.513. The van der Waals surface area contributed by atoms with Gasteiger partial charge >= 0.3 is 0 Å². The van der Waals surface area contributed by atoms with Gasteiger partial charge in [-0.25, -0.2) is 9.67 Å². The minimum Gasteiger partial charge on any atom is -0.497 e. The van der Waals surface area contributed by atoms with Gasteiger partial charge in [-0.15, -0.1) is 0 Å². The van der Waals surface area contributed by atoms with E-state index in [1.54, 1.807) is 37.6 Å². The number of aryl methyl sites for hydroxylation is 2. The number of nitrogens with one attached hydrogen (secondary N) is 1. The number of methoxy groups -OCH3 is 1. The van der Waals surface area contributed by atoms with Gasteiger partial charge in [-0.1, -0.05) is 30.3 Å². The topological polar surface area (TPSA) is 91.0 Å².